The van der Waals surface area contributed by atoms with E-state index in [4.69, 9.17) is 9.84 Å². The van der Waals surface area contributed by atoms with Crippen molar-refractivity contribution in [3.63, 3.8) is 0 Å². The maximum atomic E-state index is 12.9. The van der Waals surface area contributed by atoms with Gasteiger partial charge in [-0.3, -0.25) is 4.79 Å². The molecule has 1 fully saturated rings. The zero-order chi connectivity index (χ0) is 23.4. The second-order valence-electron chi connectivity index (χ2n) is 8.66. The summed E-state index contributed by atoms with van der Waals surface area (Å²) in [4.78, 5) is 36.5. The number of aliphatic hydroxyl groups excluding tert-OH is 1. The summed E-state index contributed by atoms with van der Waals surface area (Å²) in [6, 6.07) is 16.1. The van der Waals surface area contributed by atoms with Gasteiger partial charge in [0.1, 0.15) is 12.1 Å². The summed E-state index contributed by atoms with van der Waals surface area (Å²) in [5.41, 5.74) is 3.27. The molecule has 0 saturated heterocycles. The minimum atomic E-state index is -1.70. The van der Waals surface area contributed by atoms with Crippen LogP contribution in [0.4, 0.5) is 4.79 Å². The highest BCUT2D eigenvalue weighted by molar-refractivity contribution is 5.90. The predicted octanol–water partition coefficient (Wildman–Crippen LogP) is 2.79. The Morgan fingerprint density at radius 3 is 2.12 bits per heavy atom. The molecule has 4 N–H and O–H groups in total. The first-order valence-electron chi connectivity index (χ1n) is 11.2. The molecular weight excluding hydrogens is 424 g/mol. The number of amides is 2. The molecule has 2 aromatic rings. The number of benzene rings is 2. The number of carbonyl (C=O) groups excluding carboxylic acids is 2. The van der Waals surface area contributed by atoms with Gasteiger partial charge in [0.2, 0.25) is 5.91 Å². The highest BCUT2D eigenvalue weighted by Gasteiger charge is 2.42. The van der Waals surface area contributed by atoms with Gasteiger partial charge in [-0.1, -0.05) is 67.8 Å². The Balaban J connectivity index is 1.43. The molecule has 1 unspecified atom stereocenters. The molecule has 0 bridgehead atoms. The number of aliphatic hydroxyl groups is 1. The van der Waals surface area contributed by atoms with E-state index in [1.165, 1.54) is 0 Å². The topological polar surface area (TPSA) is 125 Å². The van der Waals surface area contributed by atoms with Gasteiger partial charge in [0, 0.05) is 5.92 Å². The lowest BCUT2D eigenvalue weighted by Crippen LogP contribution is -2.60. The minimum absolute atomic E-state index is 0.0926. The van der Waals surface area contributed by atoms with Gasteiger partial charge in [-0.15, -0.1) is 0 Å². The number of fused-ring (bicyclic) bond motifs is 3. The van der Waals surface area contributed by atoms with Crippen molar-refractivity contribution in [1.29, 1.82) is 0 Å². The minimum Gasteiger partial charge on any atom is -0.479 e. The van der Waals surface area contributed by atoms with E-state index in [-0.39, 0.29) is 12.5 Å². The summed E-state index contributed by atoms with van der Waals surface area (Å²) >= 11 is 0. The van der Waals surface area contributed by atoms with Crippen molar-refractivity contribution in [2.45, 2.75) is 49.7 Å². The summed E-state index contributed by atoms with van der Waals surface area (Å²) in [5, 5.41) is 23.5. The SMILES string of the molecule is O=C(NC1(C(=O)NCC(O)C(=O)O)CCCCC1)OCC1c2ccccc2-c2ccccc21. The number of carboxylic acids is 1. The molecule has 0 heterocycles. The van der Waals surface area contributed by atoms with Crippen LogP contribution in [0, 0.1) is 0 Å². The second-order valence-corrected chi connectivity index (χ2v) is 8.66. The Kier molecular flexibility index (Phi) is 6.65. The fourth-order valence-corrected chi connectivity index (χ4v) is 4.84. The van der Waals surface area contributed by atoms with Crippen molar-refractivity contribution >= 4 is 18.0 Å². The van der Waals surface area contributed by atoms with Crippen LogP contribution in [-0.4, -0.2) is 53.0 Å². The van der Waals surface area contributed by atoms with Crippen LogP contribution in [0.25, 0.3) is 11.1 Å². The molecule has 2 aliphatic rings. The molecular formula is C25H28N2O6. The lowest BCUT2D eigenvalue weighted by molar-refractivity contribution is -0.146. The zero-order valence-electron chi connectivity index (χ0n) is 18.3. The number of hydrogen-bond donors (Lipinski definition) is 4. The number of aliphatic carboxylic acids is 1. The average Bonchev–Trinajstić information content (AvgIpc) is 3.15. The third-order valence-corrected chi connectivity index (χ3v) is 6.57. The van der Waals surface area contributed by atoms with Crippen LogP contribution in [0.3, 0.4) is 0 Å². The van der Waals surface area contributed by atoms with Crippen molar-refractivity contribution < 1.29 is 29.3 Å². The molecule has 0 aliphatic heterocycles. The first-order valence-corrected chi connectivity index (χ1v) is 11.2. The highest BCUT2D eigenvalue weighted by Crippen LogP contribution is 2.44. The van der Waals surface area contributed by atoms with Crippen LogP contribution in [0.15, 0.2) is 48.5 Å². The Hall–Kier alpha value is -3.39. The van der Waals surface area contributed by atoms with Gasteiger partial charge in [-0.05, 0) is 35.1 Å². The lowest BCUT2D eigenvalue weighted by Gasteiger charge is -2.36. The number of alkyl carbamates (subject to hydrolysis) is 1. The normalized spacial score (nSPS) is 17.4. The Morgan fingerprint density at radius 2 is 1.55 bits per heavy atom. The number of hydrogen-bond acceptors (Lipinski definition) is 5. The van der Waals surface area contributed by atoms with E-state index >= 15 is 0 Å². The molecule has 0 spiro atoms. The van der Waals surface area contributed by atoms with Crippen LogP contribution in [-0.2, 0) is 14.3 Å². The molecule has 8 nitrogen and oxygen atoms in total. The number of rotatable bonds is 7. The van der Waals surface area contributed by atoms with Gasteiger partial charge in [0.05, 0.1) is 6.54 Å². The molecule has 174 valence electrons. The smallest absolute Gasteiger partial charge is 0.408 e. The maximum Gasteiger partial charge on any atom is 0.408 e. The van der Waals surface area contributed by atoms with E-state index in [1.807, 2.05) is 36.4 Å². The number of carbonyl (C=O) groups is 3. The largest absolute Gasteiger partial charge is 0.479 e. The summed E-state index contributed by atoms with van der Waals surface area (Å²) in [5.74, 6) is -2.02. The van der Waals surface area contributed by atoms with Crippen LogP contribution < -0.4 is 10.6 Å². The van der Waals surface area contributed by atoms with Crippen LogP contribution in [0.2, 0.25) is 0 Å². The van der Waals surface area contributed by atoms with E-state index in [2.05, 4.69) is 22.8 Å². The average molecular weight is 453 g/mol. The van der Waals surface area contributed by atoms with Gasteiger partial charge in [-0.2, -0.15) is 0 Å². The number of ether oxygens (including phenoxy) is 1. The van der Waals surface area contributed by atoms with Crippen molar-refractivity contribution in [3.8, 4) is 11.1 Å². The summed E-state index contributed by atoms with van der Waals surface area (Å²) in [7, 11) is 0. The number of nitrogens with one attached hydrogen (secondary N) is 2. The Morgan fingerprint density at radius 1 is 0.970 bits per heavy atom. The molecule has 2 aromatic carbocycles. The summed E-state index contributed by atoms with van der Waals surface area (Å²) in [6.07, 6.45) is 0.894. The highest BCUT2D eigenvalue weighted by atomic mass is 16.5. The predicted molar refractivity (Wildman–Crippen MR) is 121 cm³/mol. The van der Waals surface area contributed by atoms with Gasteiger partial charge >= 0.3 is 12.1 Å². The quantitative estimate of drug-likeness (QED) is 0.512. The van der Waals surface area contributed by atoms with Gasteiger partial charge in [0.25, 0.3) is 0 Å². The van der Waals surface area contributed by atoms with E-state index in [0.29, 0.717) is 12.8 Å². The third kappa shape index (κ3) is 4.71. The van der Waals surface area contributed by atoms with E-state index in [0.717, 1.165) is 41.5 Å². The standard InChI is InChI=1S/C25H28N2O6/c28-21(22(29)30)14-26-23(31)25(12-6-1-7-13-25)27-24(32)33-15-20-18-10-4-2-8-16(18)17-9-3-5-11-19(17)20/h2-5,8-11,20-21,28H,1,6-7,12-15H2,(H,26,31)(H,27,32)(H,29,30). The molecule has 1 atom stereocenters. The van der Waals surface area contributed by atoms with Crippen molar-refractivity contribution in [1.82, 2.24) is 10.6 Å². The van der Waals surface area contributed by atoms with E-state index in [9.17, 15) is 19.5 Å². The van der Waals surface area contributed by atoms with Crippen molar-refractivity contribution in [2.75, 3.05) is 13.2 Å². The van der Waals surface area contributed by atoms with Crippen LogP contribution >= 0.6 is 0 Å². The Bertz CT molecular complexity index is 1000. The van der Waals surface area contributed by atoms with Crippen LogP contribution in [0.5, 0.6) is 0 Å². The molecule has 0 radical (unpaired) electrons. The molecule has 1 saturated carbocycles. The fraction of sp³-hybridized carbons (Fsp3) is 0.400. The van der Waals surface area contributed by atoms with Gasteiger partial charge in [0.15, 0.2) is 6.10 Å². The first kappa shape index (κ1) is 22.8. The fourth-order valence-electron chi connectivity index (χ4n) is 4.84. The monoisotopic (exact) mass is 452 g/mol. The summed E-state index contributed by atoms with van der Waals surface area (Å²) in [6.45, 7) is -0.294. The second kappa shape index (κ2) is 9.62. The molecule has 8 heteroatoms. The third-order valence-electron chi connectivity index (χ3n) is 6.57. The van der Waals surface area contributed by atoms with E-state index < -0.39 is 36.2 Å². The van der Waals surface area contributed by atoms with Crippen molar-refractivity contribution in [2.24, 2.45) is 0 Å². The van der Waals surface area contributed by atoms with Crippen molar-refractivity contribution in [3.05, 3.63) is 59.7 Å². The maximum absolute atomic E-state index is 12.9. The molecule has 33 heavy (non-hydrogen) atoms. The molecule has 4 rings (SSSR count). The summed E-state index contributed by atoms with van der Waals surface area (Å²) < 4.78 is 5.61. The van der Waals surface area contributed by atoms with E-state index in [1.54, 1.807) is 0 Å². The van der Waals surface area contributed by atoms with Crippen LogP contribution in [0.1, 0.15) is 49.1 Å². The Labute approximate surface area is 192 Å². The zero-order valence-corrected chi connectivity index (χ0v) is 18.3. The number of carboxylic acid groups (broad SMARTS) is 1. The van der Waals surface area contributed by atoms with Gasteiger partial charge in [-0.25, -0.2) is 9.59 Å². The first-order chi connectivity index (χ1) is 15.9. The van der Waals surface area contributed by atoms with Gasteiger partial charge < -0.3 is 25.6 Å². The molecule has 2 aliphatic carbocycles. The molecule has 2 amide bonds. The lowest BCUT2D eigenvalue weighted by atomic mass is 9.81. The molecule has 0 aromatic heterocycles.